The number of esters is 1. The van der Waals surface area contributed by atoms with Crippen molar-refractivity contribution in [1.82, 2.24) is 4.90 Å². The summed E-state index contributed by atoms with van der Waals surface area (Å²) in [5.41, 5.74) is 0.233. The molecule has 1 aromatic rings. The van der Waals surface area contributed by atoms with Gasteiger partial charge in [0.25, 0.3) is 5.91 Å². The average Bonchev–Trinajstić information content (AvgIpc) is 3.06. The monoisotopic (exact) mass is 424 g/mol. The van der Waals surface area contributed by atoms with Crippen molar-refractivity contribution in [2.45, 2.75) is 45.6 Å². The summed E-state index contributed by atoms with van der Waals surface area (Å²) >= 11 is 5.86. The molecule has 2 amide bonds. The molecule has 29 heavy (non-hydrogen) atoms. The maximum Gasteiger partial charge on any atom is 0.311 e. The Hall–Kier alpha value is -2.15. The zero-order valence-electron chi connectivity index (χ0n) is 16.6. The summed E-state index contributed by atoms with van der Waals surface area (Å²) in [6, 6.07) is 3.74. The van der Waals surface area contributed by atoms with Crippen LogP contribution in [0.4, 0.5) is 10.1 Å². The minimum atomic E-state index is -0.581. The van der Waals surface area contributed by atoms with Crippen LogP contribution in [0.3, 0.4) is 0 Å². The van der Waals surface area contributed by atoms with Crippen LogP contribution in [-0.2, 0) is 19.1 Å². The van der Waals surface area contributed by atoms with Crippen molar-refractivity contribution in [3.63, 3.8) is 0 Å². The van der Waals surface area contributed by atoms with Crippen molar-refractivity contribution in [2.75, 3.05) is 18.5 Å². The van der Waals surface area contributed by atoms with E-state index < -0.39 is 30.2 Å². The number of carbonyl (C=O) groups is 3. The second-order valence-corrected chi connectivity index (χ2v) is 8.47. The van der Waals surface area contributed by atoms with Gasteiger partial charge in [-0.05, 0) is 36.5 Å². The van der Waals surface area contributed by atoms with Gasteiger partial charge in [0.1, 0.15) is 5.82 Å². The summed E-state index contributed by atoms with van der Waals surface area (Å²) in [4.78, 5) is 38.7. The third-order valence-corrected chi connectivity index (χ3v) is 6.42. The van der Waals surface area contributed by atoms with E-state index in [0.29, 0.717) is 18.4 Å². The Kier molecular flexibility index (Phi) is 6.77. The van der Waals surface area contributed by atoms with Gasteiger partial charge in [-0.1, -0.05) is 38.3 Å². The first-order chi connectivity index (χ1) is 13.8. The first-order valence-electron chi connectivity index (χ1n) is 9.97. The second-order valence-electron chi connectivity index (χ2n) is 8.06. The number of halogens is 2. The lowest BCUT2D eigenvalue weighted by atomic mass is 9.77. The van der Waals surface area contributed by atoms with E-state index in [1.807, 2.05) is 4.90 Å². The van der Waals surface area contributed by atoms with Crippen molar-refractivity contribution in [3.8, 4) is 0 Å². The van der Waals surface area contributed by atoms with Gasteiger partial charge in [-0.15, -0.1) is 0 Å². The number of amides is 2. The predicted octanol–water partition coefficient (Wildman–Crippen LogP) is 3.63. The van der Waals surface area contributed by atoms with Crippen LogP contribution < -0.4 is 5.32 Å². The first kappa shape index (κ1) is 21.6. The minimum Gasteiger partial charge on any atom is -0.455 e. The number of hydrogen-bond acceptors (Lipinski definition) is 4. The molecule has 6 nitrogen and oxygen atoms in total. The zero-order chi connectivity index (χ0) is 21.1. The number of ether oxygens (including phenoxy) is 1. The molecule has 2 fully saturated rings. The number of rotatable bonds is 5. The van der Waals surface area contributed by atoms with Crippen molar-refractivity contribution >= 4 is 35.1 Å². The Morgan fingerprint density at radius 3 is 2.79 bits per heavy atom. The van der Waals surface area contributed by atoms with E-state index in [0.717, 1.165) is 18.9 Å². The highest BCUT2D eigenvalue weighted by molar-refractivity contribution is 6.33. The van der Waals surface area contributed by atoms with Gasteiger partial charge in [-0.25, -0.2) is 4.39 Å². The van der Waals surface area contributed by atoms with Gasteiger partial charge in [0.05, 0.1) is 16.6 Å². The molecule has 1 N–H and O–H groups in total. The Morgan fingerprint density at radius 2 is 2.07 bits per heavy atom. The smallest absolute Gasteiger partial charge is 0.311 e. The summed E-state index contributed by atoms with van der Waals surface area (Å²) in [5, 5.41) is 2.52. The molecule has 0 spiro atoms. The fraction of sp³-hybridized carbons (Fsp3) is 0.571. The quantitative estimate of drug-likeness (QED) is 0.732. The molecule has 0 bridgehead atoms. The minimum absolute atomic E-state index is 0.0274. The SMILES string of the molecule is C[C@@H]1[C@H](C)CCC[C@@H]1N1C[C@H](C(=O)OCC(=O)Nc2ccc(F)cc2Cl)CC1=O. The van der Waals surface area contributed by atoms with E-state index >= 15 is 0 Å². The van der Waals surface area contributed by atoms with E-state index in [9.17, 15) is 18.8 Å². The maximum atomic E-state index is 13.1. The predicted molar refractivity (Wildman–Crippen MR) is 107 cm³/mol. The standard InChI is InChI=1S/C21H26ClFN2O4/c1-12-4-3-5-18(13(12)2)25-10-14(8-20(25)27)21(28)29-11-19(26)24-17-7-6-15(23)9-16(17)22/h6-7,9,12-14,18H,3-5,8,10-11H2,1-2H3,(H,24,26)/t12-,13-,14-,18+/m1/s1. The molecule has 1 aromatic carbocycles. The maximum absolute atomic E-state index is 13.1. The summed E-state index contributed by atoms with van der Waals surface area (Å²) in [6.07, 6.45) is 3.32. The number of nitrogens with zero attached hydrogens (tertiary/aromatic N) is 1. The van der Waals surface area contributed by atoms with E-state index in [-0.39, 0.29) is 29.1 Å². The lowest BCUT2D eigenvalue weighted by Gasteiger charge is -2.39. The highest BCUT2D eigenvalue weighted by atomic mass is 35.5. The fourth-order valence-corrected chi connectivity index (χ4v) is 4.45. The molecule has 3 rings (SSSR count). The number of carbonyl (C=O) groups excluding carboxylic acids is 3. The second kappa shape index (κ2) is 9.11. The van der Waals surface area contributed by atoms with Crippen LogP contribution in [0, 0.1) is 23.6 Å². The van der Waals surface area contributed by atoms with E-state index in [1.54, 1.807) is 0 Å². The third kappa shape index (κ3) is 5.07. The molecule has 1 aliphatic heterocycles. The highest BCUT2D eigenvalue weighted by Crippen LogP contribution is 2.36. The molecule has 0 radical (unpaired) electrons. The van der Waals surface area contributed by atoms with Gasteiger partial charge < -0.3 is 15.0 Å². The number of anilines is 1. The third-order valence-electron chi connectivity index (χ3n) is 6.11. The van der Waals surface area contributed by atoms with E-state index in [2.05, 4.69) is 19.2 Å². The number of benzene rings is 1. The molecule has 4 atom stereocenters. The topological polar surface area (TPSA) is 75.7 Å². The Labute approximate surface area is 174 Å². The van der Waals surface area contributed by atoms with Crippen molar-refractivity contribution in [3.05, 3.63) is 29.0 Å². The molecule has 8 heteroatoms. The molecule has 158 valence electrons. The Balaban J connectivity index is 1.51. The lowest BCUT2D eigenvalue weighted by molar-refractivity contribution is -0.151. The van der Waals surface area contributed by atoms with Crippen LogP contribution >= 0.6 is 11.6 Å². The molecule has 2 aliphatic rings. The molecular weight excluding hydrogens is 399 g/mol. The van der Waals surface area contributed by atoms with E-state index in [1.165, 1.54) is 18.6 Å². The van der Waals surface area contributed by atoms with Gasteiger partial charge in [0, 0.05) is 19.0 Å². The van der Waals surface area contributed by atoms with Crippen LogP contribution in [0.15, 0.2) is 18.2 Å². The average molecular weight is 425 g/mol. The molecule has 1 saturated heterocycles. The first-order valence-corrected chi connectivity index (χ1v) is 10.3. The molecule has 1 aliphatic carbocycles. The van der Waals surface area contributed by atoms with Crippen molar-refractivity contribution in [1.29, 1.82) is 0 Å². The van der Waals surface area contributed by atoms with Gasteiger partial charge in [0.2, 0.25) is 5.91 Å². The summed E-state index contributed by atoms with van der Waals surface area (Å²) in [7, 11) is 0. The lowest BCUT2D eigenvalue weighted by Crippen LogP contribution is -2.45. The Morgan fingerprint density at radius 1 is 1.31 bits per heavy atom. The summed E-state index contributed by atoms with van der Waals surface area (Å²) < 4.78 is 18.2. The van der Waals surface area contributed by atoms with Gasteiger partial charge in [-0.2, -0.15) is 0 Å². The molecule has 1 heterocycles. The van der Waals surface area contributed by atoms with Crippen LogP contribution in [0.2, 0.25) is 5.02 Å². The van der Waals surface area contributed by atoms with Crippen LogP contribution in [-0.4, -0.2) is 41.9 Å². The van der Waals surface area contributed by atoms with Crippen molar-refractivity contribution in [2.24, 2.45) is 17.8 Å². The van der Waals surface area contributed by atoms with Crippen molar-refractivity contribution < 1.29 is 23.5 Å². The van der Waals surface area contributed by atoms with Crippen LogP contribution in [0.25, 0.3) is 0 Å². The molecular formula is C21H26ClFN2O4. The number of hydrogen-bond donors (Lipinski definition) is 1. The van der Waals surface area contributed by atoms with Gasteiger partial charge in [-0.3, -0.25) is 14.4 Å². The number of likely N-dealkylation sites (tertiary alicyclic amines) is 1. The fourth-order valence-electron chi connectivity index (χ4n) is 4.24. The molecule has 0 unspecified atom stereocenters. The van der Waals surface area contributed by atoms with Crippen LogP contribution in [0.5, 0.6) is 0 Å². The summed E-state index contributed by atoms with van der Waals surface area (Å²) in [6.45, 7) is 4.21. The van der Waals surface area contributed by atoms with Crippen LogP contribution in [0.1, 0.15) is 39.5 Å². The molecule has 1 saturated carbocycles. The normalized spacial score (nSPS) is 27.0. The number of nitrogens with one attached hydrogen (secondary N) is 1. The largest absolute Gasteiger partial charge is 0.455 e. The van der Waals surface area contributed by atoms with E-state index in [4.69, 9.17) is 16.3 Å². The Bertz CT molecular complexity index is 803. The van der Waals surface area contributed by atoms with Gasteiger partial charge >= 0.3 is 5.97 Å². The van der Waals surface area contributed by atoms with Gasteiger partial charge in [0.15, 0.2) is 6.61 Å². The highest BCUT2D eigenvalue weighted by Gasteiger charge is 2.42. The zero-order valence-corrected chi connectivity index (χ0v) is 17.4. The molecule has 0 aromatic heterocycles. The summed E-state index contributed by atoms with van der Waals surface area (Å²) in [5.74, 6) is -1.30.